The number of carboxylic acids is 1. The number of carboxylic acid groups (broad SMARTS) is 1. The molecular weight excluding hydrogens is 302 g/mol. The second-order valence-electron chi connectivity index (χ2n) is 5.88. The second-order valence-corrected chi connectivity index (χ2v) is 5.88. The molecule has 1 amide bonds. The molecule has 0 unspecified atom stereocenters. The van der Waals surface area contributed by atoms with Crippen molar-refractivity contribution in [2.45, 2.75) is 33.1 Å². The van der Waals surface area contributed by atoms with Gasteiger partial charge >= 0.3 is 5.97 Å². The van der Waals surface area contributed by atoms with Crippen LogP contribution in [0.1, 0.15) is 41.3 Å². The second kappa shape index (κ2) is 8.29. The van der Waals surface area contributed by atoms with Gasteiger partial charge in [-0.05, 0) is 47.7 Å². The number of aryl methyl sites for hydroxylation is 1. The van der Waals surface area contributed by atoms with Crippen molar-refractivity contribution in [3.8, 4) is 11.1 Å². The molecule has 0 fully saturated rings. The van der Waals surface area contributed by atoms with E-state index in [0.29, 0.717) is 12.1 Å². The summed E-state index contributed by atoms with van der Waals surface area (Å²) in [6.07, 6.45) is 2.24. The highest BCUT2D eigenvalue weighted by Gasteiger charge is 2.15. The summed E-state index contributed by atoms with van der Waals surface area (Å²) in [6.45, 7) is 4.70. The van der Waals surface area contributed by atoms with Crippen LogP contribution in [-0.2, 0) is 11.2 Å². The van der Waals surface area contributed by atoms with Crippen molar-refractivity contribution in [2.24, 2.45) is 0 Å². The molecule has 2 aromatic rings. The van der Waals surface area contributed by atoms with E-state index in [1.165, 1.54) is 0 Å². The topological polar surface area (TPSA) is 66.4 Å². The zero-order valence-corrected chi connectivity index (χ0v) is 14.1. The predicted molar refractivity (Wildman–Crippen MR) is 95.2 cm³/mol. The maximum absolute atomic E-state index is 12.0. The van der Waals surface area contributed by atoms with E-state index < -0.39 is 5.97 Å². The van der Waals surface area contributed by atoms with Crippen molar-refractivity contribution in [3.63, 3.8) is 0 Å². The van der Waals surface area contributed by atoms with Gasteiger partial charge in [0.2, 0.25) is 5.91 Å². The van der Waals surface area contributed by atoms with Gasteiger partial charge in [0.05, 0.1) is 12.0 Å². The van der Waals surface area contributed by atoms with E-state index in [9.17, 15) is 14.7 Å². The molecule has 0 saturated carbocycles. The molecule has 0 saturated heterocycles. The molecule has 0 heterocycles. The Kier molecular flexibility index (Phi) is 6.13. The Morgan fingerprint density at radius 3 is 2.50 bits per heavy atom. The monoisotopic (exact) mass is 325 g/mol. The fourth-order valence-corrected chi connectivity index (χ4v) is 2.64. The first kappa shape index (κ1) is 17.7. The standard InChI is InChI=1S/C20H23NO3/c1-3-4-11-21-19(22)13-15-9-10-17(20(23)24)18(12-15)16-8-6-5-7-14(16)2/h5-10,12H,3-4,11,13H2,1-2H3,(H,21,22)(H,23,24). The molecule has 0 aromatic heterocycles. The molecule has 0 aliphatic rings. The van der Waals surface area contributed by atoms with Crippen LogP contribution >= 0.6 is 0 Å². The molecule has 2 N–H and O–H groups in total. The minimum absolute atomic E-state index is 0.0396. The lowest BCUT2D eigenvalue weighted by molar-refractivity contribution is -0.120. The number of nitrogens with one attached hydrogen (secondary N) is 1. The zero-order chi connectivity index (χ0) is 17.5. The lowest BCUT2D eigenvalue weighted by atomic mass is 9.93. The van der Waals surface area contributed by atoms with Gasteiger partial charge in [0, 0.05) is 6.54 Å². The summed E-state index contributed by atoms with van der Waals surface area (Å²) >= 11 is 0. The molecule has 24 heavy (non-hydrogen) atoms. The normalized spacial score (nSPS) is 10.4. The average Bonchev–Trinajstić information content (AvgIpc) is 2.55. The van der Waals surface area contributed by atoms with Gasteiger partial charge in [0.1, 0.15) is 0 Å². The molecule has 0 aliphatic carbocycles. The van der Waals surface area contributed by atoms with E-state index in [0.717, 1.165) is 29.5 Å². The molecule has 4 nitrogen and oxygen atoms in total. The van der Waals surface area contributed by atoms with E-state index in [1.54, 1.807) is 12.1 Å². The van der Waals surface area contributed by atoms with Gasteiger partial charge in [0.15, 0.2) is 0 Å². The van der Waals surface area contributed by atoms with Crippen LogP contribution in [0.5, 0.6) is 0 Å². The van der Waals surface area contributed by atoms with E-state index in [-0.39, 0.29) is 17.9 Å². The predicted octanol–water partition coefficient (Wildman–Crippen LogP) is 3.82. The summed E-state index contributed by atoms with van der Waals surface area (Å²) in [4.78, 5) is 23.5. The Labute approximate surface area is 142 Å². The number of rotatable bonds is 7. The van der Waals surface area contributed by atoms with Crippen LogP contribution in [-0.4, -0.2) is 23.5 Å². The van der Waals surface area contributed by atoms with Gasteiger partial charge in [-0.3, -0.25) is 4.79 Å². The van der Waals surface area contributed by atoms with Crippen LogP contribution < -0.4 is 5.32 Å². The number of carbonyl (C=O) groups excluding carboxylic acids is 1. The Hall–Kier alpha value is -2.62. The van der Waals surface area contributed by atoms with Gasteiger partial charge in [-0.15, -0.1) is 0 Å². The van der Waals surface area contributed by atoms with Crippen LogP contribution in [0.3, 0.4) is 0 Å². The highest BCUT2D eigenvalue weighted by Crippen LogP contribution is 2.28. The molecule has 2 aromatic carbocycles. The third-order valence-electron chi connectivity index (χ3n) is 3.97. The quantitative estimate of drug-likeness (QED) is 0.761. The number of amides is 1. The molecule has 2 rings (SSSR count). The summed E-state index contributed by atoms with van der Waals surface area (Å²) < 4.78 is 0. The van der Waals surface area contributed by atoms with Gasteiger partial charge in [0.25, 0.3) is 0 Å². The molecule has 0 atom stereocenters. The van der Waals surface area contributed by atoms with Crippen molar-refractivity contribution in [2.75, 3.05) is 6.54 Å². The number of unbranched alkanes of at least 4 members (excludes halogenated alkanes) is 1. The summed E-state index contributed by atoms with van der Waals surface area (Å²) in [7, 11) is 0. The first-order valence-electron chi connectivity index (χ1n) is 8.22. The summed E-state index contributed by atoms with van der Waals surface area (Å²) in [6, 6.07) is 12.8. The maximum atomic E-state index is 12.0. The van der Waals surface area contributed by atoms with Crippen molar-refractivity contribution in [1.29, 1.82) is 0 Å². The van der Waals surface area contributed by atoms with Gasteiger partial charge < -0.3 is 10.4 Å². The summed E-state index contributed by atoms with van der Waals surface area (Å²) in [5.41, 5.74) is 3.60. The van der Waals surface area contributed by atoms with Crippen LogP contribution in [0.25, 0.3) is 11.1 Å². The van der Waals surface area contributed by atoms with Gasteiger partial charge in [-0.2, -0.15) is 0 Å². The zero-order valence-electron chi connectivity index (χ0n) is 14.1. The SMILES string of the molecule is CCCCNC(=O)Cc1ccc(C(=O)O)c(-c2ccccc2C)c1. The van der Waals surface area contributed by atoms with Crippen LogP contribution in [0.15, 0.2) is 42.5 Å². The van der Waals surface area contributed by atoms with Gasteiger partial charge in [-0.25, -0.2) is 4.79 Å². The van der Waals surface area contributed by atoms with Crippen LogP contribution in [0, 0.1) is 6.92 Å². The molecule has 0 radical (unpaired) electrons. The van der Waals surface area contributed by atoms with E-state index in [1.807, 2.05) is 37.3 Å². The van der Waals surface area contributed by atoms with Crippen LogP contribution in [0.4, 0.5) is 0 Å². The van der Waals surface area contributed by atoms with Crippen molar-refractivity contribution < 1.29 is 14.7 Å². The molecule has 0 aliphatic heterocycles. The van der Waals surface area contributed by atoms with Crippen molar-refractivity contribution in [1.82, 2.24) is 5.32 Å². The largest absolute Gasteiger partial charge is 0.478 e. The molecule has 4 heteroatoms. The maximum Gasteiger partial charge on any atom is 0.336 e. The number of hydrogen-bond donors (Lipinski definition) is 2. The Balaban J connectivity index is 2.30. The first-order valence-corrected chi connectivity index (χ1v) is 8.22. The van der Waals surface area contributed by atoms with Crippen molar-refractivity contribution >= 4 is 11.9 Å². The summed E-state index contributed by atoms with van der Waals surface area (Å²) in [5, 5.41) is 12.3. The minimum Gasteiger partial charge on any atom is -0.478 e. The van der Waals surface area contributed by atoms with E-state index in [2.05, 4.69) is 12.2 Å². The minimum atomic E-state index is -0.966. The summed E-state index contributed by atoms with van der Waals surface area (Å²) in [5.74, 6) is -1.01. The number of aromatic carboxylic acids is 1. The molecule has 126 valence electrons. The number of benzene rings is 2. The average molecular weight is 325 g/mol. The third-order valence-corrected chi connectivity index (χ3v) is 3.97. The Morgan fingerprint density at radius 1 is 1.08 bits per heavy atom. The van der Waals surface area contributed by atoms with Crippen molar-refractivity contribution in [3.05, 3.63) is 59.2 Å². The number of hydrogen-bond acceptors (Lipinski definition) is 2. The van der Waals surface area contributed by atoms with Gasteiger partial charge in [-0.1, -0.05) is 43.7 Å². The molecule has 0 spiro atoms. The van der Waals surface area contributed by atoms with E-state index in [4.69, 9.17) is 0 Å². The Bertz CT molecular complexity index is 737. The highest BCUT2D eigenvalue weighted by atomic mass is 16.4. The lowest BCUT2D eigenvalue weighted by Crippen LogP contribution is -2.26. The first-order chi connectivity index (χ1) is 11.5. The molecule has 0 bridgehead atoms. The highest BCUT2D eigenvalue weighted by molar-refractivity contribution is 5.97. The Morgan fingerprint density at radius 2 is 1.83 bits per heavy atom. The van der Waals surface area contributed by atoms with E-state index >= 15 is 0 Å². The number of carbonyl (C=O) groups is 2. The fourth-order valence-electron chi connectivity index (χ4n) is 2.64. The van der Waals surface area contributed by atoms with Crippen LogP contribution in [0.2, 0.25) is 0 Å². The fraction of sp³-hybridized carbons (Fsp3) is 0.300. The molecular formula is C20H23NO3. The lowest BCUT2D eigenvalue weighted by Gasteiger charge is -2.12. The third kappa shape index (κ3) is 4.44. The smallest absolute Gasteiger partial charge is 0.336 e.